The highest BCUT2D eigenvalue weighted by Crippen LogP contribution is 2.27. The fourth-order valence-electron chi connectivity index (χ4n) is 2.14. The van der Waals surface area contributed by atoms with Crippen LogP contribution < -0.4 is 5.73 Å². The van der Waals surface area contributed by atoms with Gasteiger partial charge < -0.3 is 10.8 Å². The van der Waals surface area contributed by atoms with Gasteiger partial charge in [-0.3, -0.25) is 0 Å². The quantitative estimate of drug-likeness (QED) is 0.830. The van der Waals surface area contributed by atoms with E-state index >= 15 is 0 Å². The van der Waals surface area contributed by atoms with E-state index in [1.54, 1.807) is 6.92 Å². The number of nitrogen functional groups attached to an aromatic ring is 1. The Morgan fingerprint density at radius 2 is 2.21 bits per heavy atom. The molecule has 0 unspecified atom stereocenters. The van der Waals surface area contributed by atoms with Crippen LogP contribution in [-0.4, -0.2) is 34.2 Å². The predicted molar refractivity (Wildman–Crippen MR) is 70.0 cm³/mol. The number of fused-ring (bicyclic) bond motifs is 1. The van der Waals surface area contributed by atoms with Crippen molar-refractivity contribution >= 4 is 28.0 Å². The van der Waals surface area contributed by atoms with Crippen LogP contribution >= 0.6 is 0 Å². The second-order valence-electron chi connectivity index (χ2n) is 4.36. The average Bonchev–Trinajstić information content (AvgIpc) is 2.63. The molecule has 0 amide bonds. The monoisotopic (exact) mass is 285 g/mol. The number of aliphatic carboxylic acids is 1. The molecule has 0 saturated carbocycles. The molecular formula is C11H15N3O4S. The Labute approximate surface area is 110 Å². The second-order valence-corrected chi connectivity index (χ2v) is 6.29. The van der Waals surface area contributed by atoms with Crippen molar-refractivity contribution in [3.05, 3.63) is 17.0 Å². The molecule has 0 aromatic carbocycles. The van der Waals surface area contributed by atoms with E-state index in [0.29, 0.717) is 24.2 Å². The van der Waals surface area contributed by atoms with Crippen molar-refractivity contribution in [2.45, 2.75) is 26.2 Å². The molecule has 1 aromatic rings. The molecule has 1 heterocycles. The minimum absolute atomic E-state index is 0.0184. The lowest BCUT2D eigenvalue weighted by Gasteiger charge is -2.13. The summed E-state index contributed by atoms with van der Waals surface area (Å²) in [5, 5.41) is 8.93. The van der Waals surface area contributed by atoms with Gasteiger partial charge in [0, 0.05) is 5.57 Å². The van der Waals surface area contributed by atoms with E-state index in [1.807, 2.05) is 0 Å². The van der Waals surface area contributed by atoms with Crippen molar-refractivity contribution in [2.75, 3.05) is 11.5 Å². The van der Waals surface area contributed by atoms with Gasteiger partial charge in [0.2, 0.25) is 16.0 Å². The van der Waals surface area contributed by atoms with Crippen LogP contribution in [0.5, 0.6) is 0 Å². The second kappa shape index (κ2) is 4.69. The topological polar surface area (TPSA) is 115 Å². The molecule has 2 rings (SSSR count). The Morgan fingerprint density at radius 1 is 1.53 bits per heavy atom. The maximum atomic E-state index is 12.1. The molecule has 0 bridgehead atoms. The van der Waals surface area contributed by atoms with Crippen molar-refractivity contribution in [1.29, 1.82) is 0 Å². The Bertz CT molecular complexity index is 658. The third-order valence-corrected chi connectivity index (χ3v) is 4.83. The molecule has 7 nitrogen and oxygen atoms in total. The van der Waals surface area contributed by atoms with E-state index in [4.69, 9.17) is 10.8 Å². The Morgan fingerprint density at radius 3 is 2.79 bits per heavy atom. The lowest BCUT2D eigenvalue weighted by Crippen LogP contribution is -2.21. The molecule has 0 saturated heterocycles. The van der Waals surface area contributed by atoms with Crippen LogP contribution in [0.1, 0.15) is 31.2 Å². The minimum Gasteiger partial charge on any atom is -0.478 e. The third kappa shape index (κ3) is 2.35. The van der Waals surface area contributed by atoms with Crippen molar-refractivity contribution in [2.24, 2.45) is 0 Å². The molecular weight excluding hydrogens is 270 g/mol. The zero-order chi connectivity index (χ0) is 14.2. The van der Waals surface area contributed by atoms with Crippen LogP contribution in [0.4, 0.5) is 5.95 Å². The molecule has 8 heteroatoms. The summed E-state index contributed by atoms with van der Waals surface area (Å²) in [6.07, 6.45) is 2.44. The van der Waals surface area contributed by atoms with Gasteiger partial charge in [0.1, 0.15) is 0 Å². The number of carboxylic acids is 1. The molecule has 0 radical (unpaired) electrons. The summed E-state index contributed by atoms with van der Waals surface area (Å²) in [7, 11) is -3.52. The molecule has 0 spiro atoms. The zero-order valence-electron chi connectivity index (χ0n) is 10.5. The lowest BCUT2D eigenvalue weighted by atomic mass is 10.0. The number of aromatic nitrogens is 2. The lowest BCUT2D eigenvalue weighted by molar-refractivity contribution is -0.132. The minimum atomic E-state index is -3.52. The SMILES string of the molecule is CCCS(=O)(=O)n1c(N)nc2c1CCC(C(=O)O)=C2. The van der Waals surface area contributed by atoms with Gasteiger partial charge in [-0.05, 0) is 25.3 Å². The third-order valence-electron chi connectivity index (χ3n) is 2.94. The Kier molecular flexibility index (Phi) is 3.36. The largest absolute Gasteiger partial charge is 0.478 e. The van der Waals surface area contributed by atoms with Crippen LogP contribution in [0.2, 0.25) is 0 Å². The Balaban J connectivity index is 2.55. The highest BCUT2D eigenvalue weighted by Gasteiger charge is 2.27. The maximum Gasteiger partial charge on any atom is 0.331 e. The molecule has 1 aromatic heterocycles. The van der Waals surface area contributed by atoms with E-state index in [1.165, 1.54) is 6.08 Å². The van der Waals surface area contributed by atoms with Crippen molar-refractivity contribution in [3.63, 3.8) is 0 Å². The Hall–Kier alpha value is -1.83. The highest BCUT2D eigenvalue weighted by molar-refractivity contribution is 7.90. The van der Waals surface area contributed by atoms with E-state index in [9.17, 15) is 13.2 Å². The van der Waals surface area contributed by atoms with Crippen LogP contribution in [0.25, 0.3) is 6.08 Å². The van der Waals surface area contributed by atoms with Crippen molar-refractivity contribution in [1.82, 2.24) is 8.96 Å². The number of rotatable bonds is 4. The summed E-state index contributed by atoms with van der Waals surface area (Å²) >= 11 is 0. The first kappa shape index (κ1) is 13.6. The number of hydrogen-bond donors (Lipinski definition) is 2. The predicted octanol–water partition coefficient (Wildman–Crippen LogP) is 0.467. The summed E-state index contributed by atoms with van der Waals surface area (Å²) in [5.74, 6) is -1.15. The van der Waals surface area contributed by atoms with Gasteiger partial charge in [-0.25, -0.2) is 22.2 Å². The van der Waals surface area contributed by atoms with Crippen LogP contribution in [0.15, 0.2) is 5.57 Å². The normalized spacial score (nSPS) is 14.9. The molecule has 104 valence electrons. The summed E-state index contributed by atoms with van der Waals surface area (Å²) in [6, 6.07) is 0. The molecule has 1 aliphatic carbocycles. The summed E-state index contributed by atoms with van der Waals surface area (Å²) in [5.41, 5.74) is 6.67. The number of imidazole rings is 1. The van der Waals surface area contributed by atoms with Crippen LogP contribution in [0.3, 0.4) is 0 Å². The van der Waals surface area contributed by atoms with Crippen LogP contribution in [0, 0.1) is 0 Å². The van der Waals surface area contributed by atoms with Gasteiger partial charge in [-0.2, -0.15) is 0 Å². The molecule has 0 atom stereocenters. The maximum absolute atomic E-state index is 12.1. The fraction of sp³-hybridized carbons (Fsp3) is 0.455. The van der Waals surface area contributed by atoms with Crippen molar-refractivity contribution in [3.8, 4) is 0 Å². The summed E-state index contributed by atoms with van der Waals surface area (Å²) in [6.45, 7) is 1.76. The average molecular weight is 285 g/mol. The first-order valence-corrected chi connectivity index (χ1v) is 7.52. The molecule has 0 aliphatic heterocycles. The van der Waals surface area contributed by atoms with Crippen LogP contribution in [-0.2, 0) is 21.2 Å². The number of anilines is 1. The van der Waals surface area contributed by atoms with Gasteiger partial charge in [0.15, 0.2) is 0 Å². The first-order chi connectivity index (χ1) is 8.86. The molecule has 19 heavy (non-hydrogen) atoms. The molecule has 1 aliphatic rings. The number of nitrogens with two attached hydrogens (primary N) is 1. The number of carbonyl (C=O) groups is 1. The summed E-state index contributed by atoms with van der Waals surface area (Å²) < 4.78 is 25.3. The van der Waals surface area contributed by atoms with Crippen molar-refractivity contribution < 1.29 is 18.3 Å². The number of hydrogen-bond acceptors (Lipinski definition) is 5. The highest BCUT2D eigenvalue weighted by atomic mass is 32.2. The fourth-order valence-corrected chi connectivity index (χ4v) is 3.68. The summed E-state index contributed by atoms with van der Waals surface area (Å²) in [4.78, 5) is 14.9. The van der Waals surface area contributed by atoms with Gasteiger partial charge in [0.05, 0.1) is 17.1 Å². The first-order valence-electron chi connectivity index (χ1n) is 5.91. The molecule has 3 N–H and O–H groups in total. The van der Waals surface area contributed by atoms with E-state index < -0.39 is 16.0 Å². The standard InChI is InChI=1S/C11H15N3O4S/c1-2-5-19(17,18)14-9-4-3-7(10(15)16)6-8(9)13-11(14)12/h6H,2-5H2,1H3,(H2,12,13)(H,15,16). The molecule has 0 fully saturated rings. The van der Waals surface area contributed by atoms with E-state index in [0.717, 1.165) is 3.97 Å². The van der Waals surface area contributed by atoms with Gasteiger partial charge >= 0.3 is 5.97 Å². The van der Waals surface area contributed by atoms with Gasteiger partial charge in [-0.15, -0.1) is 0 Å². The van der Waals surface area contributed by atoms with E-state index in [-0.39, 0.29) is 23.7 Å². The van der Waals surface area contributed by atoms with E-state index in [2.05, 4.69) is 4.98 Å². The zero-order valence-corrected chi connectivity index (χ0v) is 11.3. The van der Waals surface area contributed by atoms with Gasteiger partial charge in [-0.1, -0.05) is 6.92 Å². The number of nitrogens with zero attached hydrogens (tertiary/aromatic N) is 2. The van der Waals surface area contributed by atoms with Gasteiger partial charge in [0.25, 0.3) is 0 Å². The number of carboxylic acid groups (broad SMARTS) is 1. The smallest absolute Gasteiger partial charge is 0.331 e.